The highest BCUT2D eigenvalue weighted by Gasteiger charge is 2.43. The van der Waals surface area contributed by atoms with Gasteiger partial charge < -0.3 is 9.47 Å². The first kappa shape index (κ1) is 14.4. The van der Waals surface area contributed by atoms with Crippen LogP contribution in [0.2, 0.25) is 0 Å². The standard InChI is InChI=1S/C16H18O4S/c1-9-2-5-13-12(6-9)15(17)11-4-3-10(7-14(11)20-13)16(18)19-8-21/h2,5-6,10-11,14,21H,3-4,7-8H2,1H3. The molecule has 1 aromatic carbocycles. The summed E-state index contributed by atoms with van der Waals surface area (Å²) in [4.78, 5) is 24.4. The summed E-state index contributed by atoms with van der Waals surface area (Å²) in [6, 6.07) is 5.66. The molecule has 0 saturated heterocycles. The second-order valence-electron chi connectivity index (χ2n) is 5.73. The molecule has 1 aliphatic heterocycles. The van der Waals surface area contributed by atoms with E-state index < -0.39 is 0 Å². The molecule has 112 valence electrons. The molecule has 0 amide bonds. The number of ketones is 1. The van der Waals surface area contributed by atoms with E-state index in [1.165, 1.54) is 0 Å². The lowest BCUT2D eigenvalue weighted by molar-refractivity contribution is -0.149. The summed E-state index contributed by atoms with van der Waals surface area (Å²) in [5, 5.41) is 0. The normalized spacial score (nSPS) is 27.3. The Morgan fingerprint density at radius 1 is 1.43 bits per heavy atom. The molecule has 3 unspecified atom stereocenters. The van der Waals surface area contributed by atoms with E-state index in [0.29, 0.717) is 30.6 Å². The Labute approximate surface area is 129 Å². The second kappa shape index (κ2) is 5.72. The third-order valence-electron chi connectivity index (χ3n) is 4.35. The van der Waals surface area contributed by atoms with Gasteiger partial charge in [0.2, 0.25) is 0 Å². The second-order valence-corrected chi connectivity index (χ2v) is 5.99. The SMILES string of the molecule is Cc1ccc2c(c1)C(=O)C1CCC(C(=O)OCS)CC1O2. The Kier molecular flexibility index (Phi) is 3.93. The van der Waals surface area contributed by atoms with Crippen LogP contribution < -0.4 is 4.74 Å². The summed E-state index contributed by atoms with van der Waals surface area (Å²) in [7, 11) is 0. The van der Waals surface area contributed by atoms with Gasteiger partial charge in [-0.1, -0.05) is 11.6 Å². The molecule has 2 aliphatic rings. The van der Waals surface area contributed by atoms with Crippen LogP contribution in [0.4, 0.5) is 0 Å². The zero-order valence-corrected chi connectivity index (χ0v) is 12.8. The molecular formula is C16H18O4S. The van der Waals surface area contributed by atoms with Crippen molar-refractivity contribution in [1.82, 2.24) is 0 Å². The monoisotopic (exact) mass is 306 g/mol. The molecule has 1 fully saturated rings. The minimum Gasteiger partial charge on any atom is -0.489 e. The minimum absolute atomic E-state index is 0.0886. The van der Waals surface area contributed by atoms with Crippen LogP contribution >= 0.6 is 12.6 Å². The molecule has 0 N–H and O–H groups in total. The lowest BCUT2D eigenvalue weighted by Gasteiger charge is -2.38. The van der Waals surface area contributed by atoms with Crippen LogP contribution in [0.3, 0.4) is 0 Å². The maximum atomic E-state index is 12.6. The van der Waals surface area contributed by atoms with Gasteiger partial charge in [0.15, 0.2) is 5.78 Å². The first-order chi connectivity index (χ1) is 10.1. The van der Waals surface area contributed by atoms with Gasteiger partial charge >= 0.3 is 5.97 Å². The molecular weight excluding hydrogens is 288 g/mol. The zero-order chi connectivity index (χ0) is 15.0. The summed E-state index contributed by atoms with van der Waals surface area (Å²) in [6.45, 7) is 1.96. The number of aryl methyl sites for hydroxylation is 1. The largest absolute Gasteiger partial charge is 0.489 e. The van der Waals surface area contributed by atoms with Gasteiger partial charge in [-0.05, 0) is 38.3 Å². The fourth-order valence-electron chi connectivity index (χ4n) is 3.26. The van der Waals surface area contributed by atoms with Crippen LogP contribution in [-0.4, -0.2) is 23.8 Å². The van der Waals surface area contributed by atoms with Crippen LogP contribution in [0.15, 0.2) is 18.2 Å². The average Bonchev–Trinajstić information content (AvgIpc) is 2.48. The van der Waals surface area contributed by atoms with Crippen LogP contribution in [0.1, 0.15) is 35.2 Å². The molecule has 0 spiro atoms. The van der Waals surface area contributed by atoms with E-state index in [1.54, 1.807) is 0 Å². The molecule has 5 heteroatoms. The molecule has 1 heterocycles. The number of thiol groups is 1. The number of hydrogen-bond acceptors (Lipinski definition) is 5. The van der Waals surface area contributed by atoms with E-state index in [-0.39, 0.29) is 35.6 Å². The number of carbonyl (C=O) groups is 2. The van der Waals surface area contributed by atoms with E-state index in [4.69, 9.17) is 9.47 Å². The maximum Gasteiger partial charge on any atom is 0.309 e. The van der Waals surface area contributed by atoms with Crippen molar-refractivity contribution < 1.29 is 19.1 Å². The number of benzene rings is 1. The van der Waals surface area contributed by atoms with Gasteiger partial charge in [-0.3, -0.25) is 9.59 Å². The van der Waals surface area contributed by atoms with Gasteiger partial charge in [0.05, 0.1) is 17.4 Å². The number of hydrogen-bond donors (Lipinski definition) is 1. The van der Waals surface area contributed by atoms with Crippen molar-refractivity contribution >= 4 is 24.4 Å². The Bertz CT molecular complexity index is 584. The highest BCUT2D eigenvalue weighted by Crippen LogP contribution is 2.40. The highest BCUT2D eigenvalue weighted by atomic mass is 32.1. The number of ether oxygens (including phenoxy) is 2. The molecule has 3 rings (SSSR count). The Morgan fingerprint density at radius 3 is 3.00 bits per heavy atom. The summed E-state index contributed by atoms with van der Waals surface area (Å²) in [5.41, 5.74) is 1.72. The molecule has 0 bridgehead atoms. The lowest BCUT2D eigenvalue weighted by atomic mass is 9.75. The molecule has 3 atom stereocenters. The van der Waals surface area contributed by atoms with Crippen LogP contribution in [-0.2, 0) is 9.53 Å². The lowest BCUT2D eigenvalue weighted by Crippen LogP contribution is -2.44. The fraction of sp³-hybridized carbons (Fsp3) is 0.500. The molecule has 1 saturated carbocycles. The first-order valence-electron chi connectivity index (χ1n) is 7.19. The van der Waals surface area contributed by atoms with Crippen LogP contribution in [0.5, 0.6) is 5.75 Å². The average molecular weight is 306 g/mol. The van der Waals surface area contributed by atoms with Crippen LogP contribution in [0, 0.1) is 18.8 Å². The molecule has 1 aromatic rings. The van der Waals surface area contributed by atoms with Crippen molar-refractivity contribution in [3.05, 3.63) is 29.3 Å². The molecule has 0 aromatic heterocycles. The van der Waals surface area contributed by atoms with Gasteiger partial charge in [-0.25, -0.2) is 0 Å². The van der Waals surface area contributed by atoms with Crippen molar-refractivity contribution in [2.75, 3.05) is 5.94 Å². The fourth-order valence-corrected chi connectivity index (χ4v) is 3.38. The van der Waals surface area contributed by atoms with Gasteiger partial charge in [0.1, 0.15) is 17.8 Å². The van der Waals surface area contributed by atoms with Gasteiger partial charge in [-0.15, -0.1) is 12.6 Å². The number of Topliss-reactive ketones (excluding diaryl/α,β-unsaturated/α-hetero) is 1. The zero-order valence-electron chi connectivity index (χ0n) is 11.9. The van der Waals surface area contributed by atoms with E-state index >= 15 is 0 Å². The van der Waals surface area contributed by atoms with Crippen molar-refractivity contribution in [3.8, 4) is 5.75 Å². The van der Waals surface area contributed by atoms with Crippen molar-refractivity contribution in [2.24, 2.45) is 11.8 Å². The minimum atomic E-state index is -0.241. The van der Waals surface area contributed by atoms with Crippen molar-refractivity contribution in [3.63, 3.8) is 0 Å². The Hall–Kier alpha value is -1.49. The number of fused-ring (bicyclic) bond motifs is 2. The van der Waals surface area contributed by atoms with E-state index in [1.807, 2.05) is 25.1 Å². The number of carbonyl (C=O) groups excluding carboxylic acids is 2. The molecule has 4 nitrogen and oxygen atoms in total. The topological polar surface area (TPSA) is 52.6 Å². The predicted molar refractivity (Wildman–Crippen MR) is 80.7 cm³/mol. The number of rotatable bonds is 2. The summed E-state index contributed by atoms with van der Waals surface area (Å²) >= 11 is 3.90. The first-order valence-corrected chi connectivity index (χ1v) is 7.82. The molecule has 1 aliphatic carbocycles. The van der Waals surface area contributed by atoms with Crippen LogP contribution in [0.25, 0.3) is 0 Å². The molecule has 21 heavy (non-hydrogen) atoms. The van der Waals surface area contributed by atoms with Gasteiger partial charge in [0.25, 0.3) is 0 Å². The van der Waals surface area contributed by atoms with Gasteiger partial charge in [0, 0.05) is 0 Å². The Balaban J connectivity index is 1.81. The quantitative estimate of drug-likeness (QED) is 0.518. The van der Waals surface area contributed by atoms with E-state index in [0.717, 1.165) is 5.56 Å². The summed E-state index contributed by atoms with van der Waals surface area (Å²) < 4.78 is 10.9. The summed E-state index contributed by atoms with van der Waals surface area (Å²) in [6.07, 6.45) is 1.66. The third-order valence-corrected chi connectivity index (χ3v) is 4.48. The highest BCUT2D eigenvalue weighted by molar-refractivity contribution is 7.80. The van der Waals surface area contributed by atoms with E-state index in [2.05, 4.69) is 12.6 Å². The third kappa shape index (κ3) is 2.67. The molecule has 0 radical (unpaired) electrons. The van der Waals surface area contributed by atoms with Crippen molar-refractivity contribution in [1.29, 1.82) is 0 Å². The number of esters is 1. The smallest absolute Gasteiger partial charge is 0.309 e. The summed E-state index contributed by atoms with van der Waals surface area (Å²) in [5.74, 6) is 0.290. The predicted octanol–water partition coefficient (Wildman–Crippen LogP) is 2.79. The van der Waals surface area contributed by atoms with Gasteiger partial charge in [-0.2, -0.15) is 0 Å². The maximum absolute atomic E-state index is 12.6. The van der Waals surface area contributed by atoms with E-state index in [9.17, 15) is 9.59 Å². The Morgan fingerprint density at radius 2 is 2.24 bits per heavy atom. The van der Waals surface area contributed by atoms with Crippen molar-refractivity contribution in [2.45, 2.75) is 32.3 Å².